The van der Waals surface area contributed by atoms with Crippen molar-refractivity contribution in [3.8, 4) is 0 Å². The summed E-state index contributed by atoms with van der Waals surface area (Å²) in [6, 6.07) is 4.24. The van der Waals surface area contributed by atoms with Crippen LogP contribution in [0.2, 0.25) is 0 Å². The molecule has 156 valence electrons. The highest BCUT2D eigenvalue weighted by molar-refractivity contribution is 5.87. The molecule has 1 aliphatic rings. The molecule has 0 atom stereocenters. The van der Waals surface area contributed by atoms with E-state index in [2.05, 4.69) is 37.6 Å². The largest absolute Gasteiger partial charge is 0.383 e. The van der Waals surface area contributed by atoms with Crippen LogP contribution in [0.5, 0.6) is 0 Å². The van der Waals surface area contributed by atoms with E-state index in [-0.39, 0.29) is 0 Å². The van der Waals surface area contributed by atoms with E-state index in [9.17, 15) is 0 Å². The van der Waals surface area contributed by atoms with Gasteiger partial charge in [-0.05, 0) is 38.9 Å². The molecule has 0 unspecified atom stereocenters. The summed E-state index contributed by atoms with van der Waals surface area (Å²) >= 11 is 0. The maximum Gasteiger partial charge on any atom is 0.156 e. The molecule has 0 aliphatic carbocycles. The average molecular weight is 399 g/mol. The number of aryl methyl sites for hydroxylation is 2. The highest BCUT2D eigenvalue weighted by Gasteiger charge is 2.24. The Morgan fingerprint density at radius 1 is 1.28 bits per heavy atom. The molecule has 0 amide bonds. The van der Waals surface area contributed by atoms with Crippen LogP contribution >= 0.6 is 0 Å². The fourth-order valence-corrected chi connectivity index (χ4v) is 4.05. The van der Waals surface area contributed by atoms with Crippen molar-refractivity contribution in [2.45, 2.75) is 32.2 Å². The second-order valence-corrected chi connectivity index (χ2v) is 7.99. The first-order valence-corrected chi connectivity index (χ1v) is 10.2. The Labute approximate surface area is 171 Å². The number of ether oxygens (including phenoxy) is 1. The Kier molecular flexibility index (Phi) is 5.82. The quantitative estimate of drug-likeness (QED) is 0.606. The summed E-state index contributed by atoms with van der Waals surface area (Å²) in [4.78, 5) is 14.2. The van der Waals surface area contributed by atoms with Crippen molar-refractivity contribution in [1.82, 2.24) is 24.6 Å². The molecule has 1 aliphatic heterocycles. The van der Waals surface area contributed by atoms with Crippen LogP contribution in [0.1, 0.15) is 35.9 Å². The lowest BCUT2D eigenvalue weighted by molar-refractivity contribution is 0.198. The molecular weight excluding hydrogens is 368 g/mol. The summed E-state index contributed by atoms with van der Waals surface area (Å²) in [5.74, 6) is 2.27. The van der Waals surface area contributed by atoms with Gasteiger partial charge in [-0.2, -0.15) is 0 Å². The van der Waals surface area contributed by atoms with E-state index >= 15 is 0 Å². The average Bonchev–Trinajstić information content (AvgIpc) is 3.31. The SMILES string of the molecule is COCCN(C)c1nc(C2CCN(Cc3cc(C)on3)CC2)cc2c1ncn2C. The lowest BCUT2D eigenvalue weighted by atomic mass is 9.92. The zero-order valence-electron chi connectivity index (χ0n) is 17.8. The number of methoxy groups -OCH3 is 1. The molecular formula is C21H30N6O2. The summed E-state index contributed by atoms with van der Waals surface area (Å²) in [5, 5.41) is 4.13. The maximum atomic E-state index is 5.25. The van der Waals surface area contributed by atoms with Crippen molar-refractivity contribution in [2.75, 3.05) is 45.3 Å². The lowest BCUT2D eigenvalue weighted by Crippen LogP contribution is -2.33. The van der Waals surface area contributed by atoms with Crippen molar-refractivity contribution >= 4 is 16.9 Å². The van der Waals surface area contributed by atoms with Crippen LogP contribution in [-0.4, -0.2) is 65.0 Å². The van der Waals surface area contributed by atoms with Gasteiger partial charge in [0.25, 0.3) is 0 Å². The molecule has 3 aromatic heterocycles. The molecule has 8 heteroatoms. The monoisotopic (exact) mass is 398 g/mol. The first-order chi connectivity index (χ1) is 14.0. The molecule has 4 rings (SSSR count). The van der Waals surface area contributed by atoms with Gasteiger partial charge in [0.05, 0.1) is 24.1 Å². The number of aromatic nitrogens is 4. The number of nitrogens with zero attached hydrogens (tertiary/aromatic N) is 6. The predicted molar refractivity (Wildman–Crippen MR) is 112 cm³/mol. The smallest absolute Gasteiger partial charge is 0.156 e. The minimum Gasteiger partial charge on any atom is -0.383 e. The second-order valence-electron chi connectivity index (χ2n) is 7.99. The third-order valence-electron chi connectivity index (χ3n) is 5.77. The van der Waals surface area contributed by atoms with Gasteiger partial charge in [0, 0.05) is 52.0 Å². The van der Waals surface area contributed by atoms with Gasteiger partial charge < -0.3 is 18.7 Å². The van der Waals surface area contributed by atoms with Crippen molar-refractivity contribution < 1.29 is 9.26 Å². The molecule has 1 saturated heterocycles. The Morgan fingerprint density at radius 3 is 2.76 bits per heavy atom. The highest BCUT2D eigenvalue weighted by Crippen LogP contribution is 2.32. The second kappa shape index (κ2) is 8.51. The topological polar surface area (TPSA) is 72.5 Å². The Morgan fingerprint density at radius 2 is 2.07 bits per heavy atom. The van der Waals surface area contributed by atoms with Crippen LogP contribution in [0.25, 0.3) is 11.0 Å². The number of hydrogen-bond acceptors (Lipinski definition) is 7. The summed E-state index contributed by atoms with van der Waals surface area (Å²) in [7, 11) is 5.82. The molecule has 1 fully saturated rings. The number of hydrogen-bond donors (Lipinski definition) is 0. The molecule has 8 nitrogen and oxygen atoms in total. The Bertz CT molecular complexity index is 957. The van der Waals surface area contributed by atoms with Gasteiger partial charge in [0.15, 0.2) is 5.82 Å². The molecule has 0 radical (unpaired) electrons. The van der Waals surface area contributed by atoms with Gasteiger partial charge in [0.1, 0.15) is 11.3 Å². The fourth-order valence-electron chi connectivity index (χ4n) is 4.05. The summed E-state index contributed by atoms with van der Waals surface area (Å²) in [5.41, 5.74) is 4.26. The van der Waals surface area contributed by atoms with Crippen molar-refractivity contribution in [3.63, 3.8) is 0 Å². The van der Waals surface area contributed by atoms with Crippen LogP contribution in [0.4, 0.5) is 5.82 Å². The third kappa shape index (κ3) is 4.28. The molecule has 0 bridgehead atoms. The summed E-state index contributed by atoms with van der Waals surface area (Å²) in [6.07, 6.45) is 4.05. The number of fused-ring (bicyclic) bond motifs is 1. The zero-order valence-corrected chi connectivity index (χ0v) is 17.8. The van der Waals surface area contributed by atoms with Gasteiger partial charge in [-0.15, -0.1) is 0 Å². The highest BCUT2D eigenvalue weighted by atomic mass is 16.5. The van der Waals surface area contributed by atoms with Crippen LogP contribution in [0.15, 0.2) is 23.0 Å². The van der Waals surface area contributed by atoms with Crippen LogP contribution in [-0.2, 0) is 18.3 Å². The van der Waals surface area contributed by atoms with Gasteiger partial charge in [-0.3, -0.25) is 4.90 Å². The predicted octanol–water partition coefficient (Wildman–Crippen LogP) is 2.73. The molecule has 3 aromatic rings. The van der Waals surface area contributed by atoms with E-state index in [0.717, 1.165) is 73.0 Å². The number of pyridine rings is 1. The lowest BCUT2D eigenvalue weighted by Gasteiger charge is -2.31. The van der Waals surface area contributed by atoms with E-state index in [4.69, 9.17) is 14.2 Å². The molecule has 4 heterocycles. The first-order valence-electron chi connectivity index (χ1n) is 10.2. The molecule has 0 saturated carbocycles. The van der Waals surface area contributed by atoms with E-state index in [1.807, 2.05) is 26.4 Å². The van der Waals surface area contributed by atoms with Crippen LogP contribution in [0.3, 0.4) is 0 Å². The Balaban J connectivity index is 1.51. The fraction of sp³-hybridized carbons (Fsp3) is 0.571. The van der Waals surface area contributed by atoms with Crippen molar-refractivity contribution in [1.29, 1.82) is 0 Å². The van der Waals surface area contributed by atoms with E-state index < -0.39 is 0 Å². The number of rotatable bonds is 7. The molecule has 0 aromatic carbocycles. The third-order valence-corrected chi connectivity index (χ3v) is 5.77. The van der Waals surface area contributed by atoms with Crippen LogP contribution < -0.4 is 4.90 Å². The summed E-state index contributed by atoms with van der Waals surface area (Å²) < 4.78 is 12.5. The van der Waals surface area contributed by atoms with Crippen LogP contribution in [0, 0.1) is 6.92 Å². The van der Waals surface area contributed by atoms with E-state index in [1.165, 1.54) is 0 Å². The zero-order chi connectivity index (χ0) is 20.4. The number of imidazole rings is 1. The van der Waals surface area contributed by atoms with Gasteiger partial charge in [0.2, 0.25) is 0 Å². The normalized spacial score (nSPS) is 16.0. The number of likely N-dealkylation sites (tertiary alicyclic amines) is 1. The first kappa shape index (κ1) is 19.8. The molecule has 0 spiro atoms. The van der Waals surface area contributed by atoms with E-state index in [1.54, 1.807) is 7.11 Å². The standard InChI is InChI=1S/C21H30N6O2/c1-15-11-17(24-29-15)13-27-7-5-16(6-8-27)18-12-19-20(22-14-26(19)3)21(23-18)25(2)9-10-28-4/h11-12,14,16H,5-10,13H2,1-4H3. The van der Waals surface area contributed by atoms with Crippen molar-refractivity contribution in [3.05, 3.63) is 35.6 Å². The molecule has 29 heavy (non-hydrogen) atoms. The minimum atomic E-state index is 0.458. The van der Waals surface area contributed by atoms with Gasteiger partial charge >= 0.3 is 0 Å². The number of piperidine rings is 1. The van der Waals surface area contributed by atoms with Gasteiger partial charge in [-0.1, -0.05) is 5.16 Å². The Hall–Kier alpha value is -2.45. The maximum absolute atomic E-state index is 5.25. The number of likely N-dealkylation sites (N-methyl/N-ethyl adjacent to an activating group) is 1. The summed E-state index contributed by atoms with van der Waals surface area (Å²) in [6.45, 7) is 6.31. The minimum absolute atomic E-state index is 0.458. The van der Waals surface area contributed by atoms with Gasteiger partial charge in [-0.25, -0.2) is 9.97 Å². The van der Waals surface area contributed by atoms with E-state index in [0.29, 0.717) is 12.5 Å². The van der Waals surface area contributed by atoms with Crippen molar-refractivity contribution in [2.24, 2.45) is 7.05 Å². The number of anilines is 1. The molecule has 0 N–H and O–H groups in total.